The second-order valence-electron chi connectivity index (χ2n) is 3.69. The van der Waals surface area contributed by atoms with Gasteiger partial charge in [0.1, 0.15) is 11.5 Å². The molecule has 2 N–H and O–H groups in total. The molecule has 0 aliphatic rings. The lowest BCUT2D eigenvalue weighted by Crippen LogP contribution is -2.13. The predicted octanol–water partition coefficient (Wildman–Crippen LogP) is 3.94. The van der Waals surface area contributed by atoms with Gasteiger partial charge in [-0.05, 0) is 40.2 Å². The minimum Gasteiger partial charge on any atom is -0.397 e. The molecule has 0 saturated carbocycles. The molecule has 0 aliphatic carbocycles. The van der Waals surface area contributed by atoms with Gasteiger partial charge in [0.2, 0.25) is 0 Å². The summed E-state index contributed by atoms with van der Waals surface area (Å²) >= 11 is 3.44. The van der Waals surface area contributed by atoms with Crippen molar-refractivity contribution in [3.63, 3.8) is 0 Å². The van der Waals surface area contributed by atoms with Crippen LogP contribution in [0.3, 0.4) is 0 Å². The summed E-state index contributed by atoms with van der Waals surface area (Å²) in [5.74, 6) is -0.330. The quantitative estimate of drug-likeness (QED) is 0.850. The molecule has 0 heterocycles. The van der Waals surface area contributed by atoms with Gasteiger partial charge in [-0.15, -0.1) is 0 Å². The SMILES string of the molecule is CN(c1ccccc1Br)c1c(N)cccc1F. The van der Waals surface area contributed by atoms with Gasteiger partial charge in [0.05, 0.1) is 11.4 Å². The number of halogens is 2. The zero-order chi connectivity index (χ0) is 12.4. The van der Waals surface area contributed by atoms with Crippen molar-refractivity contribution < 1.29 is 4.39 Å². The molecule has 2 aromatic rings. The zero-order valence-corrected chi connectivity index (χ0v) is 10.9. The smallest absolute Gasteiger partial charge is 0.148 e. The molecule has 2 nitrogen and oxygen atoms in total. The van der Waals surface area contributed by atoms with Crippen LogP contribution in [-0.2, 0) is 0 Å². The summed E-state index contributed by atoms with van der Waals surface area (Å²) in [6.45, 7) is 0. The van der Waals surface area contributed by atoms with E-state index >= 15 is 0 Å². The van der Waals surface area contributed by atoms with E-state index in [0.29, 0.717) is 11.4 Å². The number of nitrogen functional groups attached to an aromatic ring is 1. The molecule has 0 spiro atoms. The topological polar surface area (TPSA) is 29.3 Å². The van der Waals surface area contributed by atoms with Crippen LogP contribution < -0.4 is 10.6 Å². The summed E-state index contributed by atoms with van der Waals surface area (Å²) in [7, 11) is 1.79. The average molecular weight is 295 g/mol. The molecular weight excluding hydrogens is 283 g/mol. The highest BCUT2D eigenvalue weighted by molar-refractivity contribution is 9.10. The van der Waals surface area contributed by atoms with Gasteiger partial charge >= 0.3 is 0 Å². The Bertz CT molecular complexity index is 522. The maximum Gasteiger partial charge on any atom is 0.148 e. The number of nitrogens with two attached hydrogens (primary N) is 1. The van der Waals surface area contributed by atoms with E-state index in [0.717, 1.165) is 10.2 Å². The van der Waals surface area contributed by atoms with E-state index in [1.165, 1.54) is 6.07 Å². The molecule has 2 aromatic carbocycles. The van der Waals surface area contributed by atoms with E-state index in [-0.39, 0.29) is 5.82 Å². The number of hydrogen-bond acceptors (Lipinski definition) is 2. The lowest BCUT2D eigenvalue weighted by atomic mass is 10.2. The first-order chi connectivity index (χ1) is 8.11. The standard InChI is InChI=1S/C13H12BrFN2/c1-17(12-8-3-2-5-9(12)14)13-10(15)6-4-7-11(13)16/h2-8H,16H2,1H3. The Labute approximate surface area is 108 Å². The van der Waals surface area contributed by atoms with E-state index in [1.807, 2.05) is 24.3 Å². The number of benzene rings is 2. The van der Waals surface area contributed by atoms with Crippen LogP contribution >= 0.6 is 15.9 Å². The second kappa shape index (κ2) is 4.75. The van der Waals surface area contributed by atoms with Crippen LogP contribution in [0.4, 0.5) is 21.5 Å². The summed E-state index contributed by atoms with van der Waals surface area (Å²) in [5, 5.41) is 0. The van der Waals surface area contributed by atoms with Gasteiger partial charge in [0, 0.05) is 11.5 Å². The van der Waals surface area contributed by atoms with Crippen molar-refractivity contribution in [1.29, 1.82) is 0 Å². The van der Waals surface area contributed by atoms with Gasteiger partial charge < -0.3 is 10.6 Å². The predicted molar refractivity (Wildman–Crippen MR) is 73.0 cm³/mol. The monoisotopic (exact) mass is 294 g/mol. The Morgan fingerprint density at radius 3 is 2.47 bits per heavy atom. The molecule has 0 atom stereocenters. The van der Waals surface area contributed by atoms with Crippen molar-refractivity contribution >= 4 is 33.0 Å². The maximum absolute atomic E-state index is 13.8. The van der Waals surface area contributed by atoms with E-state index in [1.54, 1.807) is 24.1 Å². The van der Waals surface area contributed by atoms with Crippen molar-refractivity contribution in [1.82, 2.24) is 0 Å². The normalized spacial score (nSPS) is 10.3. The van der Waals surface area contributed by atoms with E-state index in [9.17, 15) is 4.39 Å². The largest absolute Gasteiger partial charge is 0.397 e. The van der Waals surface area contributed by atoms with Crippen molar-refractivity contribution in [3.8, 4) is 0 Å². The maximum atomic E-state index is 13.8. The highest BCUT2D eigenvalue weighted by atomic mass is 79.9. The van der Waals surface area contributed by atoms with E-state index in [4.69, 9.17) is 5.73 Å². The molecule has 4 heteroatoms. The summed E-state index contributed by atoms with van der Waals surface area (Å²) in [6, 6.07) is 12.3. The summed E-state index contributed by atoms with van der Waals surface area (Å²) in [4.78, 5) is 1.73. The Hall–Kier alpha value is -1.55. The van der Waals surface area contributed by atoms with Gasteiger partial charge in [-0.3, -0.25) is 0 Å². The Kier molecular flexibility index (Phi) is 3.33. The van der Waals surface area contributed by atoms with Crippen molar-refractivity contribution in [3.05, 3.63) is 52.8 Å². The third-order valence-electron chi connectivity index (χ3n) is 2.57. The molecule has 0 unspecified atom stereocenters. The van der Waals surface area contributed by atoms with Crippen LogP contribution in [0.2, 0.25) is 0 Å². The molecule has 0 bridgehead atoms. The summed E-state index contributed by atoms with van der Waals surface area (Å²) in [6.07, 6.45) is 0. The number of anilines is 3. The summed E-state index contributed by atoms with van der Waals surface area (Å²) in [5.41, 5.74) is 7.49. The second-order valence-corrected chi connectivity index (χ2v) is 4.54. The Morgan fingerprint density at radius 2 is 1.82 bits per heavy atom. The van der Waals surface area contributed by atoms with Gasteiger partial charge in [0.15, 0.2) is 0 Å². The third kappa shape index (κ3) is 2.26. The molecule has 88 valence electrons. The van der Waals surface area contributed by atoms with Crippen LogP contribution in [0.5, 0.6) is 0 Å². The van der Waals surface area contributed by atoms with Crippen molar-refractivity contribution in [2.75, 3.05) is 17.7 Å². The molecule has 17 heavy (non-hydrogen) atoms. The van der Waals surface area contributed by atoms with Gasteiger partial charge in [-0.25, -0.2) is 4.39 Å². The molecule has 0 fully saturated rings. The third-order valence-corrected chi connectivity index (χ3v) is 3.24. The first kappa shape index (κ1) is 11.9. The van der Waals surface area contributed by atoms with Crippen molar-refractivity contribution in [2.24, 2.45) is 0 Å². The highest BCUT2D eigenvalue weighted by Crippen LogP contribution is 2.35. The Balaban J connectivity index is 2.51. The van der Waals surface area contributed by atoms with Crippen LogP contribution in [-0.4, -0.2) is 7.05 Å². The lowest BCUT2D eigenvalue weighted by Gasteiger charge is -2.22. The number of hydrogen-bond donors (Lipinski definition) is 1. The molecule has 0 saturated heterocycles. The minimum absolute atomic E-state index is 0.330. The molecule has 0 aromatic heterocycles. The van der Waals surface area contributed by atoms with Gasteiger partial charge in [-0.2, -0.15) is 0 Å². The van der Waals surface area contributed by atoms with Crippen LogP contribution in [0, 0.1) is 5.82 Å². The van der Waals surface area contributed by atoms with Crippen molar-refractivity contribution in [2.45, 2.75) is 0 Å². The van der Waals surface area contributed by atoms with Crippen LogP contribution in [0.15, 0.2) is 46.9 Å². The minimum atomic E-state index is -0.330. The molecule has 0 amide bonds. The highest BCUT2D eigenvalue weighted by Gasteiger charge is 2.14. The van der Waals surface area contributed by atoms with Gasteiger partial charge in [-0.1, -0.05) is 18.2 Å². The molecule has 2 rings (SSSR count). The van der Waals surface area contributed by atoms with Gasteiger partial charge in [0.25, 0.3) is 0 Å². The molecular formula is C13H12BrFN2. The van der Waals surface area contributed by atoms with E-state index < -0.39 is 0 Å². The number of rotatable bonds is 2. The number of nitrogens with zero attached hydrogens (tertiary/aromatic N) is 1. The first-order valence-corrected chi connectivity index (χ1v) is 5.93. The fraction of sp³-hybridized carbons (Fsp3) is 0.0769. The first-order valence-electron chi connectivity index (χ1n) is 5.13. The molecule has 0 aliphatic heterocycles. The van der Waals surface area contributed by atoms with Crippen LogP contribution in [0.1, 0.15) is 0 Å². The summed E-state index contributed by atoms with van der Waals surface area (Å²) < 4.78 is 14.7. The Morgan fingerprint density at radius 1 is 1.12 bits per heavy atom. The fourth-order valence-electron chi connectivity index (χ4n) is 1.73. The van der Waals surface area contributed by atoms with E-state index in [2.05, 4.69) is 15.9 Å². The number of para-hydroxylation sites is 2. The fourth-order valence-corrected chi connectivity index (χ4v) is 2.28. The lowest BCUT2D eigenvalue weighted by molar-refractivity contribution is 0.628. The zero-order valence-electron chi connectivity index (χ0n) is 9.32. The average Bonchev–Trinajstić information content (AvgIpc) is 2.29. The van der Waals surface area contributed by atoms with Crippen LogP contribution in [0.25, 0.3) is 0 Å². The molecule has 0 radical (unpaired) electrons.